The fraction of sp³-hybridized carbons (Fsp3) is 0.269. The maximum Gasteiger partial charge on any atom is 0.277 e. The van der Waals surface area contributed by atoms with E-state index in [9.17, 15) is 4.79 Å². The Bertz CT molecular complexity index is 1350. The van der Waals surface area contributed by atoms with E-state index >= 15 is 0 Å². The Labute approximate surface area is 207 Å². The number of aromatic nitrogens is 3. The molecule has 5 rings (SSSR count). The molecule has 0 saturated carbocycles. The Morgan fingerprint density at radius 1 is 1.11 bits per heavy atom. The molecule has 4 aromatic rings. The number of para-hydroxylation sites is 2. The average Bonchev–Trinajstić information content (AvgIpc) is 3.47. The van der Waals surface area contributed by atoms with Crippen LogP contribution in [0.4, 0.5) is 0 Å². The van der Waals surface area contributed by atoms with Gasteiger partial charge in [-0.2, -0.15) is 0 Å². The van der Waals surface area contributed by atoms with E-state index in [2.05, 4.69) is 14.8 Å². The van der Waals surface area contributed by atoms with Crippen LogP contribution in [0.2, 0.25) is 0 Å². The molecule has 0 bridgehead atoms. The lowest BCUT2D eigenvalue weighted by atomic mass is 10.2. The fourth-order valence-electron chi connectivity index (χ4n) is 4.06. The van der Waals surface area contributed by atoms with Crippen molar-refractivity contribution in [2.45, 2.75) is 32.1 Å². The Kier molecular flexibility index (Phi) is 6.50. The molecule has 0 fully saturated rings. The molecule has 0 N–H and O–H groups in total. The van der Waals surface area contributed by atoms with E-state index in [4.69, 9.17) is 18.6 Å². The van der Waals surface area contributed by atoms with Crippen LogP contribution in [-0.2, 0) is 0 Å². The first-order valence-electron chi connectivity index (χ1n) is 11.3. The molecule has 3 heterocycles. The maximum atomic E-state index is 13.0. The van der Waals surface area contributed by atoms with Crippen molar-refractivity contribution in [1.82, 2.24) is 14.8 Å². The van der Waals surface area contributed by atoms with Crippen molar-refractivity contribution in [3.05, 3.63) is 77.4 Å². The average molecular weight is 492 g/mol. The summed E-state index contributed by atoms with van der Waals surface area (Å²) in [5, 5.41) is 8.48. The second-order valence-electron chi connectivity index (χ2n) is 8.03. The topological polar surface area (TPSA) is 88.6 Å². The highest BCUT2D eigenvalue weighted by Crippen LogP contribution is 2.36. The van der Waals surface area contributed by atoms with Crippen LogP contribution in [0.5, 0.6) is 17.2 Å². The lowest BCUT2D eigenvalue weighted by Gasteiger charge is -2.23. The molecule has 1 aliphatic heterocycles. The number of fused-ring (bicyclic) bond motifs is 1. The summed E-state index contributed by atoms with van der Waals surface area (Å²) in [6.07, 6.45) is -0.490. The number of benzene rings is 2. The summed E-state index contributed by atoms with van der Waals surface area (Å²) in [7, 11) is 0. The summed E-state index contributed by atoms with van der Waals surface area (Å²) in [6.45, 7) is 6.79. The Morgan fingerprint density at radius 3 is 2.66 bits per heavy atom. The van der Waals surface area contributed by atoms with Crippen LogP contribution in [0.1, 0.15) is 40.7 Å². The molecular weight excluding hydrogens is 466 g/mol. The van der Waals surface area contributed by atoms with Crippen LogP contribution in [0.15, 0.2) is 64.2 Å². The molecule has 1 atom stereocenters. The maximum absolute atomic E-state index is 13.0. The molecule has 8 nitrogen and oxygen atoms in total. The van der Waals surface area contributed by atoms with Crippen LogP contribution in [0, 0.1) is 13.8 Å². The smallest absolute Gasteiger partial charge is 0.277 e. The third kappa shape index (κ3) is 4.77. The predicted octanol–water partition coefficient (Wildman–Crippen LogP) is 5.36. The SMILES string of the molecule is CCOc1ccc(-n2c(C)cc(C(=O)CSc3nnc(C4COc5ccccc5O4)o3)c2C)cc1. The Balaban J connectivity index is 1.24. The minimum atomic E-state index is -0.490. The highest BCUT2D eigenvalue weighted by atomic mass is 32.2. The predicted molar refractivity (Wildman–Crippen MR) is 131 cm³/mol. The van der Waals surface area contributed by atoms with Gasteiger partial charge in [-0.15, -0.1) is 10.2 Å². The summed E-state index contributed by atoms with van der Waals surface area (Å²) in [5.74, 6) is 2.63. The van der Waals surface area contributed by atoms with Crippen LogP contribution in [0.25, 0.3) is 5.69 Å². The minimum absolute atomic E-state index is 0.00814. The van der Waals surface area contributed by atoms with Crippen molar-refractivity contribution in [2.24, 2.45) is 0 Å². The Hall–Kier alpha value is -3.72. The number of aryl methyl sites for hydroxylation is 1. The van der Waals surface area contributed by atoms with Gasteiger partial charge in [0.15, 0.2) is 17.3 Å². The number of ketones is 1. The molecule has 9 heteroatoms. The normalized spacial score (nSPS) is 14.7. The van der Waals surface area contributed by atoms with E-state index < -0.39 is 6.10 Å². The minimum Gasteiger partial charge on any atom is -0.494 e. The van der Waals surface area contributed by atoms with E-state index in [1.165, 1.54) is 11.8 Å². The van der Waals surface area contributed by atoms with Gasteiger partial charge in [0.05, 0.1) is 12.4 Å². The molecule has 2 aromatic carbocycles. The molecule has 0 radical (unpaired) electrons. The largest absolute Gasteiger partial charge is 0.494 e. The summed E-state index contributed by atoms with van der Waals surface area (Å²) >= 11 is 1.21. The van der Waals surface area contributed by atoms with Gasteiger partial charge in [-0.05, 0) is 63.2 Å². The number of hydrogen-bond donors (Lipinski definition) is 0. The van der Waals surface area contributed by atoms with E-state index in [-0.39, 0.29) is 18.1 Å². The van der Waals surface area contributed by atoms with Crippen LogP contribution in [-0.4, -0.2) is 39.5 Å². The molecule has 0 aliphatic carbocycles. The van der Waals surface area contributed by atoms with Crippen molar-refractivity contribution in [3.8, 4) is 22.9 Å². The standard InChI is InChI=1S/C26H25N3O5S/c1-4-31-19-11-9-18(10-12-19)29-16(2)13-20(17(29)3)21(30)15-35-26-28-27-25(34-26)24-14-32-22-7-5-6-8-23(22)33-24/h5-13,24H,4,14-15H2,1-3H3. The molecule has 0 amide bonds. The van der Waals surface area contributed by atoms with Gasteiger partial charge in [-0.1, -0.05) is 23.9 Å². The number of thioether (sulfide) groups is 1. The first-order valence-corrected chi connectivity index (χ1v) is 12.3. The molecule has 1 aliphatic rings. The van der Waals surface area contributed by atoms with Gasteiger partial charge in [0.2, 0.25) is 6.10 Å². The van der Waals surface area contributed by atoms with Crippen molar-refractivity contribution < 1.29 is 23.4 Å². The lowest BCUT2D eigenvalue weighted by Crippen LogP contribution is -2.21. The van der Waals surface area contributed by atoms with Crippen molar-refractivity contribution in [2.75, 3.05) is 19.0 Å². The van der Waals surface area contributed by atoms with E-state index in [0.29, 0.717) is 34.8 Å². The number of rotatable bonds is 8. The van der Waals surface area contributed by atoms with Crippen LogP contribution in [0.3, 0.4) is 0 Å². The summed E-state index contributed by atoms with van der Waals surface area (Å²) in [5.41, 5.74) is 3.52. The highest BCUT2D eigenvalue weighted by molar-refractivity contribution is 7.99. The molecule has 180 valence electrons. The van der Waals surface area contributed by atoms with Gasteiger partial charge in [-0.25, -0.2) is 0 Å². The zero-order chi connectivity index (χ0) is 24.4. The third-order valence-corrected chi connectivity index (χ3v) is 6.49. The number of nitrogens with zero attached hydrogens (tertiary/aromatic N) is 3. The molecular formula is C26H25N3O5S. The van der Waals surface area contributed by atoms with Gasteiger partial charge in [0.1, 0.15) is 12.4 Å². The number of hydrogen-bond acceptors (Lipinski definition) is 8. The van der Waals surface area contributed by atoms with Crippen LogP contribution >= 0.6 is 11.8 Å². The van der Waals surface area contributed by atoms with Crippen molar-refractivity contribution in [1.29, 1.82) is 0 Å². The molecule has 0 spiro atoms. The zero-order valence-corrected chi connectivity index (χ0v) is 20.5. The highest BCUT2D eigenvalue weighted by Gasteiger charge is 2.27. The molecule has 0 saturated heterocycles. The van der Waals surface area contributed by atoms with Crippen LogP contribution < -0.4 is 14.2 Å². The molecule has 2 aromatic heterocycles. The van der Waals surface area contributed by atoms with E-state index in [1.807, 2.05) is 75.4 Å². The first-order chi connectivity index (χ1) is 17.0. The van der Waals surface area contributed by atoms with E-state index in [0.717, 1.165) is 22.8 Å². The lowest BCUT2D eigenvalue weighted by molar-refractivity contribution is 0.0686. The first kappa shape index (κ1) is 23.0. The molecule has 35 heavy (non-hydrogen) atoms. The number of carbonyl (C=O) groups excluding carboxylic acids is 1. The zero-order valence-electron chi connectivity index (χ0n) is 19.7. The van der Waals surface area contributed by atoms with Gasteiger partial charge >= 0.3 is 0 Å². The van der Waals surface area contributed by atoms with Gasteiger partial charge in [0, 0.05) is 22.6 Å². The van der Waals surface area contributed by atoms with Gasteiger partial charge < -0.3 is 23.2 Å². The molecule has 1 unspecified atom stereocenters. The quantitative estimate of drug-likeness (QED) is 0.240. The number of Topliss-reactive ketones (excluding diaryl/α,β-unsaturated/α-hetero) is 1. The summed E-state index contributed by atoms with van der Waals surface area (Å²) in [4.78, 5) is 13.0. The second-order valence-corrected chi connectivity index (χ2v) is 8.96. The van der Waals surface area contributed by atoms with Crippen molar-refractivity contribution in [3.63, 3.8) is 0 Å². The third-order valence-electron chi connectivity index (χ3n) is 5.67. The fourth-order valence-corrected chi connectivity index (χ4v) is 4.71. The second kappa shape index (κ2) is 9.87. The summed E-state index contributed by atoms with van der Waals surface area (Å²) in [6, 6.07) is 17.2. The van der Waals surface area contributed by atoms with Gasteiger partial charge in [-0.3, -0.25) is 4.79 Å². The number of ether oxygens (including phenoxy) is 3. The van der Waals surface area contributed by atoms with Gasteiger partial charge in [0.25, 0.3) is 11.1 Å². The summed E-state index contributed by atoms with van der Waals surface area (Å²) < 4.78 is 25.0. The number of carbonyl (C=O) groups is 1. The monoisotopic (exact) mass is 491 g/mol. The van der Waals surface area contributed by atoms with E-state index in [1.54, 1.807) is 0 Å². The Morgan fingerprint density at radius 2 is 1.89 bits per heavy atom. The van der Waals surface area contributed by atoms with Crippen molar-refractivity contribution >= 4 is 17.5 Å².